The van der Waals surface area contributed by atoms with Crippen LogP contribution in [0.3, 0.4) is 0 Å². The first-order valence-electron chi connectivity index (χ1n) is 6.08. The Morgan fingerprint density at radius 2 is 2.24 bits per heavy atom. The van der Waals surface area contributed by atoms with Crippen molar-refractivity contribution >= 4 is 10.9 Å². The fraction of sp³-hybridized carbons (Fsp3) is 0.333. The van der Waals surface area contributed by atoms with Crippen molar-refractivity contribution in [1.82, 2.24) is 4.98 Å². The Balaban J connectivity index is 2.41. The first kappa shape index (κ1) is 10.3. The summed E-state index contributed by atoms with van der Waals surface area (Å²) in [5, 5.41) is 10.2. The summed E-state index contributed by atoms with van der Waals surface area (Å²) in [6.07, 6.45) is 3.84. The normalized spacial score (nSPS) is 13.6. The van der Waals surface area contributed by atoms with Crippen LogP contribution in [0.25, 0.3) is 10.9 Å². The fourth-order valence-corrected chi connectivity index (χ4v) is 2.81. The number of aromatic nitrogens is 1. The molecule has 2 heteroatoms. The van der Waals surface area contributed by atoms with E-state index >= 15 is 0 Å². The van der Waals surface area contributed by atoms with Gasteiger partial charge in [0.25, 0.3) is 0 Å². The molecule has 2 aromatic rings. The summed E-state index contributed by atoms with van der Waals surface area (Å²) in [5.74, 6) is 0. The van der Waals surface area contributed by atoms with Crippen LogP contribution < -0.4 is 0 Å². The number of benzene rings is 1. The topological polar surface area (TPSA) is 36.7 Å². The number of aryl methyl sites for hydroxylation is 2. The highest BCUT2D eigenvalue weighted by molar-refractivity contribution is 5.86. The van der Waals surface area contributed by atoms with E-state index in [0.29, 0.717) is 6.42 Å². The minimum atomic E-state index is 0.505. The lowest BCUT2D eigenvalue weighted by Crippen LogP contribution is -1.99. The molecule has 0 amide bonds. The summed E-state index contributed by atoms with van der Waals surface area (Å²) >= 11 is 0. The van der Waals surface area contributed by atoms with Crippen LogP contribution in [0, 0.1) is 18.3 Å². The first-order chi connectivity index (χ1) is 8.31. The second-order valence-electron chi connectivity index (χ2n) is 4.68. The first-order valence-corrected chi connectivity index (χ1v) is 6.08. The van der Waals surface area contributed by atoms with E-state index in [1.807, 2.05) is 0 Å². The molecule has 84 valence electrons. The molecule has 0 spiro atoms. The predicted molar refractivity (Wildman–Crippen MR) is 67.8 cm³/mol. The number of nitrogens with zero attached hydrogens (tertiary/aromatic N) is 2. The van der Waals surface area contributed by atoms with E-state index in [0.717, 1.165) is 18.4 Å². The van der Waals surface area contributed by atoms with E-state index in [2.05, 4.69) is 31.2 Å². The standard InChI is InChI=1S/C15H14N2/c1-10-4-2-6-13-11(8-9-16)12-5-3-7-14(12)17-15(10)13/h2,4,6H,3,5,7-8H2,1H3. The lowest BCUT2D eigenvalue weighted by molar-refractivity contribution is 0.899. The quantitative estimate of drug-likeness (QED) is 0.743. The van der Waals surface area contributed by atoms with E-state index in [4.69, 9.17) is 10.2 Å². The zero-order valence-corrected chi connectivity index (χ0v) is 9.95. The van der Waals surface area contributed by atoms with Gasteiger partial charge in [-0.25, -0.2) is 0 Å². The third-order valence-corrected chi connectivity index (χ3v) is 3.62. The van der Waals surface area contributed by atoms with Gasteiger partial charge in [0.1, 0.15) is 0 Å². The molecule has 1 heterocycles. The average Bonchev–Trinajstić information content (AvgIpc) is 2.78. The molecule has 0 fully saturated rings. The number of hydrogen-bond acceptors (Lipinski definition) is 2. The van der Waals surface area contributed by atoms with Gasteiger partial charge < -0.3 is 0 Å². The maximum absolute atomic E-state index is 9.01. The van der Waals surface area contributed by atoms with Crippen LogP contribution in [-0.4, -0.2) is 4.98 Å². The van der Waals surface area contributed by atoms with Gasteiger partial charge in [0.15, 0.2) is 0 Å². The SMILES string of the molecule is Cc1cccc2c(CC#N)c3c(nc12)CCC3. The zero-order valence-electron chi connectivity index (χ0n) is 9.95. The number of fused-ring (bicyclic) bond motifs is 2. The van der Waals surface area contributed by atoms with E-state index in [1.54, 1.807) is 0 Å². The van der Waals surface area contributed by atoms with E-state index in [-0.39, 0.29) is 0 Å². The highest BCUT2D eigenvalue weighted by Crippen LogP contribution is 2.31. The molecular formula is C15H14N2. The second kappa shape index (κ2) is 3.85. The van der Waals surface area contributed by atoms with Gasteiger partial charge in [-0.2, -0.15) is 5.26 Å². The van der Waals surface area contributed by atoms with Gasteiger partial charge in [-0.05, 0) is 42.9 Å². The van der Waals surface area contributed by atoms with E-state index in [1.165, 1.54) is 34.2 Å². The van der Waals surface area contributed by atoms with Crippen LogP contribution >= 0.6 is 0 Å². The molecule has 1 aromatic heterocycles. The largest absolute Gasteiger partial charge is 0.252 e. The minimum absolute atomic E-state index is 0.505. The average molecular weight is 222 g/mol. The van der Waals surface area contributed by atoms with Gasteiger partial charge in [-0.3, -0.25) is 4.98 Å². The fourth-order valence-electron chi connectivity index (χ4n) is 2.81. The van der Waals surface area contributed by atoms with E-state index < -0.39 is 0 Å². The van der Waals surface area contributed by atoms with Crippen molar-refractivity contribution in [1.29, 1.82) is 5.26 Å². The minimum Gasteiger partial charge on any atom is -0.252 e. The van der Waals surface area contributed by atoms with Crippen LogP contribution in [0.15, 0.2) is 18.2 Å². The Bertz CT molecular complexity index is 635. The van der Waals surface area contributed by atoms with Gasteiger partial charge in [-0.1, -0.05) is 18.2 Å². The molecule has 0 saturated carbocycles. The highest BCUT2D eigenvalue weighted by Gasteiger charge is 2.19. The molecule has 0 atom stereocenters. The summed E-state index contributed by atoms with van der Waals surface area (Å²) in [5.41, 5.74) is 6.06. The van der Waals surface area contributed by atoms with Crippen molar-refractivity contribution in [2.24, 2.45) is 0 Å². The van der Waals surface area contributed by atoms with Crippen LogP contribution in [0.4, 0.5) is 0 Å². The summed E-state index contributed by atoms with van der Waals surface area (Å²) in [7, 11) is 0. The van der Waals surface area contributed by atoms with Crippen LogP contribution in [-0.2, 0) is 19.3 Å². The van der Waals surface area contributed by atoms with Crippen LogP contribution in [0.1, 0.15) is 28.8 Å². The molecule has 0 saturated heterocycles. The Morgan fingerprint density at radius 3 is 3.06 bits per heavy atom. The molecule has 1 aliphatic rings. The Kier molecular flexibility index (Phi) is 2.33. The monoisotopic (exact) mass is 222 g/mol. The third-order valence-electron chi connectivity index (χ3n) is 3.62. The third kappa shape index (κ3) is 1.51. The maximum atomic E-state index is 9.01. The van der Waals surface area contributed by atoms with Gasteiger partial charge in [0, 0.05) is 11.1 Å². The van der Waals surface area contributed by atoms with Gasteiger partial charge in [-0.15, -0.1) is 0 Å². The summed E-state index contributed by atoms with van der Waals surface area (Å²) in [6.45, 7) is 2.09. The zero-order chi connectivity index (χ0) is 11.8. The highest BCUT2D eigenvalue weighted by atomic mass is 14.7. The number of hydrogen-bond donors (Lipinski definition) is 0. The molecule has 0 aliphatic heterocycles. The van der Waals surface area contributed by atoms with Gasteiger partial charge in [0.2, 0.25) is 0 Å². The number of rotatable bonds is 1. The van der Waals surface area contributed by atoms with Crippen molar-refractivity contribution < 1.29 is 0 Å². The summed E-state index contributed by atoms with van der Waals surface area (Å²) in [6, 6.07) is 8.54. The molecule has 0 bridgehead atoms. The smallest absolute Gasteiger partial charge is 0.0737 e. The Hall–Kier alpha value is -1.88. The molecular weight excluding hydrogens is 208 g/mol. The lowest BCUT2D eigenvalue weighted by Gasteiger charge is -2.11. The number of para-hydroxylation sites is 1. The summed E-state index contributed by atoms with van der Waals surface area (Å²) in [4.78, 5) is 4.79. The molecule has 2 nitrogen and oxygen atoms in total. The number of nitriles is 1. The Morgan fingerprint density at radius 1 is 1.35 bits per heavy atom. The van der Waals surface area contributed by atoms with Crippen LogP contribution in [0.5, 0.6) is 0 Å². The van der Waals surface area contributed by atoms with Gasteiger partial charge >= 0.3 is 0 Å². The van der Waals surface area contributed by atoms with Crippen molar-refractivity contribution in [3.05, 3.63) is 40.6 Å². The van der Waals surface area contributed by atoms with E-state index in [9.17, 15) is 0 Å². The predicted octanol–water partition coefficient (Wildman–Crippen LogP) is 3.10. The molecule has 0 N–H and O–H groups in total. The van der Waals surface area contributed by atoms with Crippen molar-refractivity contribution in [2.75, 3.05) is 0 Å². The van der Waals surface area contributed by atoms with Gasteiger partial charge in [0.05, 0.1) is 18.0 Å². The molecule has 0 radical (unpaired) electrons. The van der Waals surface area contributed by atoms with Crippen LogP contribution in [0.2, 0.25) is 0 Å². The van der Waals surface area contributed by atoms with Crippen molar-refractivity contribution in [2.45, 2.75) is 32.6 Å². The second-order valence-corrected chi connectivity index (χ2v) is 4.68. The maximum Gasteiger partial charge on any atom is 0.0737 e. The molecule has 0 unspecified atom stereocenters. The van der Waals surface area contributed by atoms with Crippen molar-refractivity contribution in [3.8, 4) is 6.07 Å². The number of pyridine rings is 1. The molecule has 17 heavy (non-hydrogen) atoms. The Labute approximate surface area is 101 Å². The summed E-state index contributed by atoms with van der Waals surface area (Å²) < 4.78 is 0. The molecule has 1 aliphatic carbocycles. The molecule has 1 aromatic carbocycles. The lowest BCUT2D eigenvalue weighted by atomic mass is 9.97. The van der Waals surface area contributed by atoms with Crippen molar-refractivity contribution in [3.63, 3.8) is 0 Å². The molecule has 3 rings (SSSR count).